The summed E-state index contributed by atoms with van der Waals surface area (Å²) in [5.74, 6) is -2.86. The first-order valence-electron chi connectivity index (χ1n) is 4.25. The molecule has 0 saturated heterocycles. The fourth-order valence-corrected chi connectivity index (χ4v) is 1.52. The van der Waals surface area contributed by atoms with Gasteiger partial charge in [0.25, 0.3) is 5.92 Å². The maximum atomic E-state index is 12.9. The van der Waals surface area contributed by atoms with Gasteiger partial charge in [-0.15, -0.1) is 0 Å². The molecule has 14 heavy (non-hydrogen) atoms. The third-order valence-corrected chi connectivity index (χ3v) is 2.33. The van der Waals surface area contributed by atoms with Crippen molar-refractivity contribution in [3.05, 3.63) is 34.3 Å². The van der Waals surface area contributed by atoms with Crippen LogP contribution in [-0.4, -0.2) is 0 Å². The van der Waals surface area contributed by atoms with Crippen molar-refractivity contribution >= 4 is 11.6 Å². The molecule has 78 valence electrons. The van der Waals surface area contributed by atoms with Crippen LogP contribution < -0.4 is 5.73 Å². The summed E-state index contributed by atoms with van der Waals surface area (Å²) >= 11 is 5.82. The summed E-state index contributed by atoms with van der Waals surface area (Å²) in [5.41, 5.74) is 6.19. The quantitative estimate of drug-likeness (QED) is 0.810. The topological polar surface area (TPSA) is 26.0 Å². The van der Waals surface area contributed by atoms with Crippen LogP contribution in [-0.2, 0) is 5.92 Å². The van der Waals surface area contributed by atoms with E-state index in [9.17, 15) is 8.78 Å². The minimum atomic E-state index is -2.86. The number of benzene rings is 1. The summed E-state index contributed by atoms with van der Waals surface area (Å²) in [4.78, 5) is 0. The molecule has 2 N–H and O–H groups in total. The number of alkyl halides is 2. The molecule has 1 nitrogen and oxygen atoms in total. The highest BCUT2D eigenvalue weighted by atomic mass is 35.5. The molecule has 0 aliphatic heterocycles. The van der Waals surface area contributed by atoms with Gasteiger partial charge < -0.3 is 5.73 Å². The van der Waals surface area contributed by atoms with Crippen LogP contribution in [0, 0.1) is 0 Å². The summed E-state index contributed by atoms with van der Waals surface area (Å²) in [6, 6.07) is 3.91. The van der Waals surface area contributed by atoms with Gasteiger partial charge in [0.1, 0.15) is 0 Å². The van der Waals surface area contributed by atoms with E-state index in [2.05, 4.69) is 0 Å². The molecule has 0 fully saturated rings. The van der Waals surface area contributed by atoms with Gasteiger partial charge in [-0.05, 0) is 18.6 Å². The van der Waals surface area contributed by atoms with Crippen LogP contribution in [0.3, 0.4) is 0 Å². The Morgan fingerprint density at radius 3 is 2.36 bits per heavy atom. The Morgan fingerprint density at radius 1 is 1.43 bits per heavy atom. The fraction of sp³-hybridized carbons (Fsp3) is 0.400. The molecule has 0 heterocycles. The lowest BCUT2D eigenvalue weighted by Gasteiger charge is -2.14. The molecular formula is C10H12ClF2N. The van der Waals surface area contributed by atoms with Gasteiger partial charge in [0, 0.05) is 23.6 Å². The van der Waals surface area contributed by atoms with Crippen molar-refractivity contribution in [2.45, 2.75) is 25.8 Å². The summed E-state index contributed by atoms with van der Waals surface area (Å²) in [5, 5.41) is 0.291. The second-order valence-corrected chi connectivity index (χ2v) is 3.82. The summed E-state index contributed by atoms with van der Waals surface area (Å²) in [6.07, 6.45) is 0. The van der Waals surface area contributed by atoms with Gasteiger partial charge in [-0.3, -0.25) is 0 Å². The van der Waals surface area contributed by atoms with Crippen molar-refractivity contribution in [3.8, 4) is 0 Å². The Balaban J connectivity index is 3.13. The summed E-state index contributed by atoms with van der Waals surface area (Å²) < 4.78 is 25.8. The average molecular weight is 220 g/mol. The highest BCUT2D eigenvalue weighted by molar-refractivity contribution is 6.31. The minimum absolute atomic E-state index is 0.0908. The molecule has 1 aromatic carbocycles. The normalized spacial score (nSPS) is 14.1. The molecular weight excluding hydrogens is 208 g/mol. The molecule has 0 saturated carbocycles. The predicted molar refractivity (Wildman–Crippen MR) is 53.6 cm³/mol. The lowest BCUT2D eigenvalue weighted by Crippen LogP contribution is -2.10. The molecule has 0 aromatic heterocycles. The first-order valence-corrected chi connectivity index (χ1v) is 4.63. The molecule has 4 heteroatoms. The van der Waals surface area contributed by atoms with Crippen LogP contribution >= 0.6 is 11.6 Å². The molecule has 0 spiro atoms. The van der Waals surface area contributed by atoms with E-state index in [-0.39, 0.29) is 11.6 Å². The molecule has 1 aromatic rings. The highest BCUT2D eigenvalue weighted by Gasteiger charge is 2.25. The van der Waals surface area contributed by atoms with E-state index >= 15 is 0 Å². The van der Waals surface area contributed by atoms with E-state index in [1.807, 2.05) is 0 Å². The zero-order chi connectivity index (χ0) is 10.9. The van der Waals surface area contributed by atoms with Crippen LogP contribution in [0.2, 0.25) is 5.02 Å². The minimum Gasteiger partial charge on any atom is -0.324 e. The zero-order valence-electron chi connectivity index (χ0n) is 8.02. The lowest BCUT2D eigenvalue weighted by atomic mass is 10.0. The third kappa shape index (κ3) is 2.42. The van der Waals surface area contributed by atoms with Gasteiger partial charge in [0.05, 0.1) is 0 Å². The number of hydrogen-bond acceptors (Lipinski definition) is 1. The highest BCUT2D eigenvalue weighted by Crippen LogP contribution is 2.31. The van der Waals surface area contributed by atoms with E-state index in [4.69, 9.17) is 17.3 Å². The molecule has 0 amide bonds. The SMILES string of the molecule is CC(N)c1ccc(C(C)(F)F)cc1Cl. The van der Waals surface area contributed by atoms with Crippen LogP contribution in [0.1, 0.15) is 31.0 Å². The predicted octanol–water partition coefficient (Wildman–Crippen LogP) is 3.47. The maximum absolute atomic E-state index is 12.9. The number of rotatable bonds is 2. The number of nitrogens with two attached hydrogens (primary N) is 1. The lowest BCUT2D eigenvalue weighted by molar-refractivity contribution is 0.0174. The monoisotopic (exact) mass is 219 g/mol. The van der Waals surface area contributed by atoms with Gasteiger partial charge in [-0.1, -0.05) is 23.7 Å². The van der Waals surface area contributed by atoms with Crippen molar-refractivity contribution in [1.82, 2.24) is 0 Å². The van der Waals surface area contributed by atoms with Crippen LogP contribution in [0.25, 0.3) is 0 Å². The second-order valence-electron chi connectivity index (χ2n) is 3.41. The van der Waals surface area contributed by atoms with E-state index in [1.54, 1.807) is 13.0 Å². The Morgan fingerprint density at radius 2 is 2.00 bits per heavy atom. The first kappa shape index (κ1) is 11.4. The fourth-order valence-electron chi connectivity index (χ4n) is 1.17. The first-order chi connectivity index (χ1) is 6.32. The van der Waals surface area contributed by atoms with Gasteiger partial charge in [0.15, 0.2) is 0 Å². The van der Waals surface area contributed by atoms with Gasteiger partial charge in [0.2, 0.25) is 0 Å². The Bertz CT molecular complexity index is 331. The van der Waals surface area contributed by atoms with Gasteiger partial charge in [-0.25, -0.2) is 8.78 Å². The van der Waals surface area contributed by atoms with E-state index < -0.39 is 5.92 Å². The van der Waals surface area contributed by atoms with Gasteiger partial charge in [-0.2, -0.15) is 0 Å². The average Bonchev–Trinajstić information content (AvgIpc) is 2.01. The van der Waals surface area contributed by atoms with E-state index in [0.717, 1.165) is 6.92 Å². The van der Waals surface area contributed by atoms with Crippen molar-refractivity contribution in [3.63, 3.8) is 0 Å². The smallest absolute Gasteiger partial charge is 0.270 e. The van der Waals surface area contributed by atoms with Crippen LogP contribution in [0.5, 0.6) is 0 Å². The Hall–Kier alpha value is -0.670. The molecule has 1 unspecified atom stereocenters. The van der Waals surface area contributed by atoms with Gasteiger partial charge >= 0.3 is 0 Å². The van der Waals surface area contributed by atoms with Crippen molar-refractivity contribution < 1.29 is 8.78 Å². The summed E-state index contributed by atoms with van der Waals surface area (Å²) in [6.45, 7) is 2.59. The van der Waals surface area contributed by atoms with Crippen LogP contribution in [0.4, 0.5) is 8.78 Å². The molecule has 0 radical (unpaired) electrons. The van der Waals surface area contributed by atoms with Crippen LogP contribution in [0.15, 0.2) is 18.2 Å². The molecule has 1 rings (SSSR count). The molecule has 0 bridgehead atoms. The van der Waals surface area contributed by atoms with E-state index in [1.165, 1.54) is 12.1 Å². The zero-order valence-corrected chi connectivity index (χ0v) is 8.78. The maximum Gasteiger partial charge on any atom is 0.270 e. The summed E-state index contributed by atoms with van der Waals surface area (Å²) in [7, 11) is 0. The van der Waals surface area contributed by atoms with E-state index in [0.29, 0.717) is 10.6 Å². The third-order valence-electron chi connectivity index (χ3n) is 2.00. The molecule has 1 atom stereocenters. The number of halogens is 3. The number of hydrogen-bond donors (Lipinski definition) is 1. The second kappa shape index (κ2) is 3.83. The Kier molecular flexibility index (Phi) is 3.12. The Labute approximate surface area is 86.9 Å². The standard InChI is InChI=1S/C10H12ClF2N/c1-6(14)8-4-3-7(5-9(8)11)10(2,12)13/h3-6H,14H2,1-2H3. The van der Waals surface area contributed by atoms with Crippen molar-refractivity contribution in [2.75, 3.05) is 0 Å². The molecule has 0 aliphatic rings. The largest absolute Gasteiger partial charge is 0.324 e. The molecule has 0 aliphatic carbocycles. The van der Waals surface area contributed by atoms with Crippen molar-refractivity contribution in [2.24, 2.45) is 5.73 Å². The van der Waals surface area contributed by atoms with Crippen molar-refractivity contribution in [1.29, 1.82) is 0 Å².